The minimum Gasteiger partial charge on any atom is -0.207 e. The van der Waals surface area contributed by atoms with Crippen molar-refractivity contribution in [1.82, 2.24) is 0 Å². The van der Waals surface area contributed by atoms with Crippen LogP contribution in [-0.2, 0) is 6.42 Å². The van der Waals surface area contributed by atoms with Crippen LogP contribution in [-0.4, -0.2) is 5.88 Å². The van der Waals surface area contributed by atoms with Gasteiger partial charge in [-0.3, -0.25) is 0 Å². The minimum absolute atomic E-state index is 0.183. The molecule has 2 rings (SSSR count). The van der Waals surface area contributed by atoms with Crippen molar-refractivity contribution in [3.05, 3.63) is 70.5 Å². The zero-order valence-corrected chi connectivity index (χ0v) is 12.0. The zero-order chi connectivity index (χ0) is 13.8. The van der Waals surface area contributed by atoms with Crippen molar-refractivity contribution in [1.29, 1.82) is 0 Å². The zero-order valence-electron chi connectivity index (χ0n) is 11.3. The lowest BCUT2D eigenvalue weighted by atomic mass is 9.91. The van der Waals surface area contributed by atoms with Gasteiger partial charge in [-0.05, 0) is 49.1 Å². The van der Waals surface area contributed by atoms with Crippen molar-refractivity contribution in [2.75, 3.05) is 5.88 Å². The van der Waals surface area contributed by atoms with Gasteiger partial charge in [-0.2, -0.15) is 0 Å². The lowest BCUT2D eigenvalue weighted by Crippen LogP contribution is -2.06. The van der Waals surface area contributed by atoms with Crippen molar-refractivity contribution in [2.24, 2.45) is 0 Å². The van der Waals surface area contributed by atoms with Gasteiger partial charge in [0.05, 0.1) is 0 Å². The van der Waals surface area contributed by atoms with E-state index in [1.54, 1.807) is 6.07 Å². The molecule has 0 saturated heterocycles. The third-order valence-corrected chi connectivity index (χ3v) is 3.89. The fourth-order valence-electron chi connectivity index (χ4n) is 2.23. The molecule has 2 aromatic rings. The number of rotatable bonds is 4. The average molecular weight is 277 g/mol. The Balaban J connectivity index is 2.23. The quantitative estimate of drug-likeness (QED) is 0.689. The van der Waals surface area contributed by atoms with E-state index in [-0.39, 0.29) is 11.7 Å². The smallest absolute Gasteiger partial charge is 0.123 e. The second kappa shape index (κ2) is 6.21. The van der Waals surface area contributed by atoms with Gasteiger partial charge >= 0.3 is 0 Å². The van der Waals surface area contributed by atoms with Gasteiger partial charge in [-0.1, -0.05) is 35.9 Å². The Morgan fingerprint density at radius 1 is 1.05 bits per heavy atom. The van der Waals surface area contributed by atoms with Crippen molar-refractivity contribution < 1.29 is 4.39 Å². The normalized spacial score (nSPS) is 12.4. The second-order valence-electron chi connectivity index (χ2n) is 5.04. The molecule has 0 N–H and O–H groups in total. The van der Waals surface area contributed by atoms with Crippen molar-refractivity contribution in [2.45, 2.75) is 26.2 Å². The number of hydrogen-bond donors (Lipinski definition) is 0. The maximum atomic E-state index is 13.3. The summed E-state index contributed by atoms with van der Waals surface area (Å²) in [4.78, 5) is 0. The molecule has 0 aromatic heterocycles. The molecule has 0 heterocycles. The Morgan fingerprint density at radius 2 is 1.74 bits per heavy atom. The number of hydrogen-bond acceptors (Lipinski definition) is 0. The predicted molar refractivity (Wildman–Crippen MR) is 79.5 cm³/mol. The van der Waals surface area contributed by atoms with E-state index < -0.39 is 0 Å². The molecule has 0 aliphatic carbocycles. The van der Waals surface area contributed by atoms with Gasteiger partial charge in [0, 0.05) is 11.8 Å². The predicted octanol–water partition coefficient (Wildman–Crippen LogP) is 5.01. The van der Waals surface area contributed by atoms with E-state index in [2.05, 4.69) is 31.2 Å². The monoisotopic (exact) mass is 276 g/mol. The van der Waals surface area contributed by atoms with E-state index in [0.717, 1.165) is 17.5 Å². The summed E-state index contributed by atoms with van der Waals surface area (Å²) in [5.74, 6) is 0.583. The first-order chi connectivity index (χ1) is 9.10. The summed E-state index contributed by atoms with van der Waals surface area (Å²) in [6.07, 6.45) is 0.774. The van der Waals surface area contributed by atoms with Crippen molar-refractivity contribution in [3.8, 4) is 0 Å². The average Bonchev–Trinajstić information content (AvgIpc) is 2.41. The van der Waals surface area contributed by atoms with E-state index in [4.69, 9.17) is 11.6 Å². The van der Waals surface area contributed by atoms with Crippen LogP contribution in [0, 0.1) is 19.7 Å². The van der Waals surface area contributed by atoms with Crippen LogP contribution in [0.25, 0.3) is 0 Å². The highest BCUT2D eigenvalue weighted by Crippen LogP contribution is 2.24. The van der Waals surface area contributed by atoms with Crippen LogP contribution in [0.2, 0.25) is 0 Å². The third-order valence-electron chi connectivity index (χ3n) is 3.51. The number of alkyl halides is 1. The van der Waals surface area contributed by atoms with Gasteiger partial charge < -0.3 is 0 Å². The number of aryl methyl sites for hydroxylation is 2. The van der Waals surface area contributed by atoms with Gasteiger partial charge in [0.15, 0.2) is 0 Å². The summed E-state index contributed by atoms with van der Waals surface area (Å²) in [6, 6.07) is 13.3. The molecular formula is C17H18ClF. The van der Waals surface area contributed by atoms with Crippen LogP contribution in [0.5, 0.6) is 0 Å². The molecule has 2 heteroatoms. The molecule has 0 spiro atoms. The molecule has 0 amide bonds. The summed E-state index contributed by atoms with van der Waals surface area (Å²) in [7, 11) is 0. The topological polar surface area (TPSA) is 0 Å². The van der Waals surface area contributed by atoms with E-state index in [1.165, 1.54) is 17.2 Å². The summed E-state index contributed by atoms with van der Waals surface area (Å²) in [5.41, 5.74) is 4.60. The first kappa shape index (κ1) is 14.1. The van der Waals surface area contributed by atoms with Gasteiger partial charge in [0.1, 0.15) is 5.82 Å². The van der Waals surface area contributed by atoms with E-state index >= 15 is 0 Å². The number of benzene rings is 2. The fraction of sp³-hybridized carbons (Fsp3) is 0.294. The molecule has 0 radical (unpaired) electrons. The van der Waals surface area contributed by atoms with Crippen molar-refractivity contribution in [3.63, 3.8) is 0 Å². The van der Waals surface area contributed by atoms with Gasteiger partial charge in [-0.25, -0.2) is 4.39 Å². The highest BCUT2D eigenvalue weighted by molar-refractivity contribution is 6.18. The number of halogens is 2. The van der Waals surface area contributed by atoms with E-state index in [9.17, 15) is 4.39 Å². The molecule has 1 unspecified atom stereocenters. The van der Waals surface area contributed by atoms with E-state index in [0.29, 0.717) is 5.88 Å². The SMILES string of the molecule is Cc1ccc(C(CCl)Cc2cc(F)ccc2C)cc1. The lowest BCUT2D eigenvalue weighted by molar-refractivity contribution is 0.622. The first-order valence-corrected chi connectivity index (χ1v) is 7.01. The standard InChI is InChI=1S/C17H18ClF/c1-12-3-6-14(7-4-12)16(11-18)9-15-10-17(19)8-5-13(15)2/h3-8,10,16H,9,11H2,1-2H3. The van der Waals surface area contributed by atoms with Crippen LogP contribution in [0.4, 0.5) is 4.39 Å². The molecule has 0 bridgehead atoms. The Kier molecular flexibility index (Phi) is 4.60. The first-order valence-electron chi connectivity index (χ1n) is 6.47. The molecular weight excluding hydrogens is 259 g/mol. The van der Waals surface area contributed by atoms with Crippen molar-refractivity contribution >= 4 is 11.6 Å². The largest absolute Gasteiger partial charge is 0.207 e. The summed E-state index contributed by atoms with van der Waals surface area (Å²) in [6.45, 7) is 4.07. The Labute approximate surface area is 119 Å². The van der Waals surface area contributed by atoms with Crippen LogP contribution in [0.15, 0.2) is 42.5 Å². The minimum atomic E-state index is -0.183. The molecule has 0 aliphatic rings. The lowest BCUT2D eigenvalue weighted by Gasteiger charge is -2.16. The highest BCUT2D eigenvalue weighted by atomic mass is 35.5. The molecule has 0 nitrogen and oxygen atoms in total. The Bertz CT molecular complexity index is 546. The molecule has 1 atom stereocenters. The van der Waals surface area contributed by atoms with Gasteiger partial charge in [-0.15, -0.1) is 11.6 Å². The molecule has 100 valence electrons. The Hall–Kier alpha value is -1.34. The molecule has 0 saturated carbocycles. The molecule has 19 heavy (non-hydrogen) atoms. The second-order valence-corrected chi connectivity index (χ2v) is 5.35. The Morgan fingerprint density at radius 3 is 2.37 bits per heavy atom. The highest BCUT2D eigenvalue weighted by Gasteiger charge is 2.13. The fourth-order valence-corrected chi connectivity index (χ4v) is 2.51. The van der Waals surface area contributed by atoms with Crippen LogP contribution < -0.4 is 0 Å². The summed E-state index contributed by atoms with van der Waals surface area (Å²) >= 11 is 6.09. The summed E-state index contributed by atoms with van der Waals surface area (Å²) in [5, 5.41) is 0. The van der Waals surface area contributed by atoms with Gasteiger partial charge in [0.25, 0.3) is 0 Å². The van der Waals surface area contributed by atoms with E-state index in [1.807, 2.05) is 13.0 Å². The van der Waals surface area contributed by atoms with Crippen LogP contribution >= 0.6 is 11.6 Å². The maximum absolute atomic E-state index is 13.3. The van der Waals surface area contributed by atoms with Gasteiger partial charge in [0.2, 0.25) is 0 Å². The molecule has 0 fully saturated rings. The summed E-state index contributed by atoms with van der Waals surface area (Å²) < 4.78 is 13.3. The molecule has 0 aliphatic heterocycles. The molecule has 2 aromatic carbocycles. The van der Waals surface area contributed by atoms with Crippen LogP contribution in [0.1, 0.15) is 28.2 Å². The third kappa shape index (κ3) is 3.57. The maximum Gasteiger partial charge on any atom is 0.123 e. The van der Waals surface area contributed by atoms with Crippen LogP contribution in [0.3, 0.4) is 0 Å².